The lowest BCUT2D eigenvalue weighted by Crippen LogP contribution is -2.44. The van der Waals surface area contributed by atoms with Crippen LogP contribution < -0.4 is 0 Å². The molecule has 0 N–H and O–H groups in total. The Bertz CT molecular complexity index is 314. The Kier molecular flexibility index (Phi) is 4.36. The standard InChI is InChI=1S/C14H25NO4/c1-10(12-9-17-12)18-11-5-7-15(8-6-11)13(16)19-14(2,3)4/h10-12H,5-9H2,1-4H3. The number of carbonyl (C=O) groups is 1. The first kappa shape index (κ1) is 14.6. The molecule has 110 valence electrons. The Balaban J connectivity index is 1.71. The lowest BCUT2D eigenvalue weighted by Gasteiger charge is -2.34. The van der Waals surface area contributed by atoms with E-state index in [0.29, 0.717) is 13.1 Å². The summed E-state index contributed by atoms with van der Waals surface area (Å²) in [4.78, 5) is 13.7. The molecule has 2 heterocycles. The van der Waals surface area contributed by atoms with Crippen LogP contribution in [0.5, 0.6) is 0 Å². The number of amides is 1. The monoisotopic (exact) mass is 271 g/mol. The molecular weight excluding hydrogens is 246 g/mol. The molecule has 2 aliphatic heterocycles. The van der Waals surface area contributed by atoms with Crippen LogP contribution in [0.2, 0.25) is 0 Å². The number of nitrogens with zero attached hydrogens (tertiary/aromatic N) is 1. The Hall–Kier alpha value is -0.810. The molecule has 5 heteroatoms. The summed E-state index contributed by atoms with van der Waals surface area (Å²) in [7, 11) is 0. The van der Waals surface area contributed by atoms with Crippen molar-refractivity contribution in [3.63, 3.8) is 0 Å². The molecule has 2 unspecified atom stereocenters. The zero-order valence-corrected chi connectivity index (χ0v) is 12.3. The summed E-state index contributed by atoms with van der Waals surface area (Å²) in [5.74, 6) is 0. The minimum absolute atomic E-state index is 0.165. The largest absolute Gasteiger partial charge is 0.444 e. The van der Waals surface area contributed by atoms with E-state index >= 15 is 0 Å². The van der Waals surface area contributed by atoms with E-state index in [1.54, 1.807) is 4.90 Å². The van der Waals surface area contributed by atoms with Gasteiger partial charge in [-0.2, -0.15) is 0 Å². The highest BCUT2D eigenvalue weighted by Crippen LogP contribution is 2.23. The quantitative estimate of drug-likeness (QED) is 0.738. The van der Waals surface area contributed by atoms with Crippen molar-refractivity contribution in [3.05, 3.63) is 0 Å². The Labute approximate surface area is 115 Å². The molecule has 1 amide bonds. The van der Waals surface area contributed by atoms with Crippen LogP contribution in [0.25, 0.3) is 0 Å². The van der Waals surface area contributed by atoms with Crippen molar-refractivity contribution in [1.29, 1.82) is 0 Å². The van der Waals surface area contributed by atoms with E-state index in [2.05, 4.69) is 6.92 Å². The lowest BCUT2D eigenvalue weighted by molar-refractivity contribution is -0.0478. The number of rotatable bonds is 3. The SMILES string of the molecule is CC(OC1CCN(C(=O)OC(C)(C)C)CC1)C1CO1. The Morgan fingerprint density at radius 1 is 1.32 bits per heavy atom. The summed E-state index contributed by atoms with van der Waals surface area (Å²) < 4.78 is 16.5. The van der Waals surface area contributed by atoms with Crippen molar-refractivity contribution < 1.29 is 19.0 Å². The summed E-state index contributed by atoms with van der Waals surface area (Å²) >= 11 is 0. The Morgan fingerprint density at radius 3 is 2.37 bits per heavy atom. The molecule has 2 aliphatic rings. The molecule has 0 aliphatic carbocycles. The van der Waals surface area contributed by atoms with Crippen molar-refractivity contribution in [1.82, 2.24) is 4.90 Å². The maximum atomic E-state index is 11.9. The van der Waals surface area contributed by atoms with Gasteiger partial charge in [-0.15, -0.1) is 0 Å². The minimum Gasteiger partial charge on any atom is -0.444 e. The predicted molar refractivity (Wildman–Crippen MR) is 71.1 cm³/mol. The van der Waals surface area contributed by atoms with Gasteiger partial charge in [-0.1, -0.05) is 0 Å². The van der Waals surface area contributed by atoms with Crippen LogP contribution >= 0.6 is 0 Å². The molecule has 0 aromatic heterocycles. The molecule has 2 fully saturated rings. The highest BCUT2D eigenvalue weighted by molar-refractivity contribution is 5.68. The van der Waals surface area contributed by atoms with Gasteiger partial charge in [0, 0.05) is 13.1 Å². The number of piperidine rings is 1. The molecule has 0 bridgehead atoms. The second-order valence-electron chi connectivity index (χ2n) is 6.38. The fourth-order valence-electron chi connectivity index (χ4n) is 2.22. The van der Waals surface area contributed by atoms with Crippen LogP contribution in [-0.4, -0.2) is 54.6 Å². The smallest absolute Gasteiger partial charge is 0.410 e. The first-order valence-electron chi connectivity index (χ1n) is 7.10. The third kappa shape index (κ3) is 4.66. The fraction of sp³-hybridized carbons (Fsp3) is 0.929. The summed E-state index contributed by atoms with van der Waals surface area (Å²) in [5.41, 5.74) is -0.428. The average molecular weight is 271 g/mol. The summed E-state index contributed by atoms with van der Waals surface area (Å²) in [6, 6.07) is 0. The van der Waals surface area contributed by atoms with E-state index in [1.165, 1.54) is 0 Å². The molecule has 0 radical (unpaired) electrons. The van der Waals surface area contributed by atoms with Gasteiger partial charge in [-0.25, -0.2) is 4.79 Å². The van der Waals surface area contributed by atoms with Gasteiger partial charge in [0.1, 0.15) is 11.7 Å². The zero-order valence-electron chi connectivity index (χ0n) is 12.3. The first-order valence-corrected chi connectivity index (χ1v) is 7.10. The van der Waals surface area contributed by atoms with E-state index in [9.17, 15) is 4.79 Å². The summed E-state index contributed by atoms with van der Waals surface area (Å²) in [6.07, 6.45) is 2.21. The van der Waals surface area contributed by atoms with Crippen LogP contribution in [0.4, 0.5) is 4.79 Å². The fourth-order valence-corrected chi connectivity index (χ4v) is 2.22. The number of hydrogen-bond donors (Lipinski definition) is 0. The normalized spacial score (nSPS) is 26.1. The number of epoxide rings is 1. The molecule has 0 spiro atoms. The van der Waals surface area contributed by atoms with Crippen molar-refractivity contribution in [2.45, 2.75) is 64.4 Å². The van der Waals surface area contributed by atoms with E-state index in [4.69, 9.17) is 14.2 Å². The van der Waals surface area contributed by atoms with Gasteiger partial charge in [0.15, 0.2) is 0 Å². The van der Waals surface area contributed by atoms with Crippen LogP contribution in [0.3, 0.4) is 0 Å². The molecule has 2 rings (SSSR count). The van der Waals surface area contributed by atoms with E-state index < -0.39 is 5.60 Å². The predicted octanol–water partition coefficient (Wildman–Crippen LogP) is 2.19. The third-order valence-corrected chi connectivity index (χ3v) is 3.38. The minimum atomic E-state index is -0.428. The van der Waals surface area contributed by atoms with Crippen molar-refractivity contribution in [3.8, 4) is 0 Å². The second kappa shape index (κ2) is 5.67. The van der Waals surface area contributed by atoms with Gasteiger partial charge in [-0.3, -0.25) is 0 Å². The average Bonchev–Trinajstić information content (AvgIpc) is 3.11. The van der Waals surface area contributed by atoms with Gasteiger partial charge in [0.2, 0.25) is 0 Å². The number of hydrogen-bond acceptors (Lipinski definition) is 4. The van der Waals surface area contributed by atoms with Gasteiger partial charge in [0.05, 0.1) is 18.8 Å². The van der Waals surface area contributed by atoms with Crippen molar-refractivity contribution >= 4 is 6.09 Å². The number of likely N-dealkylation sites (tertiary alicyclic amines) is 1. The van der Waals surface area contributed by atoms with Crippen LogP contribution in [0, 0.1) is 0 Å². The lowest BCUT2D eigenvalue weighted by atomic mass is 10.1. The molecule has 0 saturated carbocycles. The molecule has 2 atom stereocenters. The molecule has 19 heavy (non-hydrogen) atoms. The number of carbonyl (C=O) groups excluding carboxylic acids is 1. The summed E-state index contributed by atoms with van der Waals surface area (Å²) in [6.45, 7) is 9.94. The first-order chi connectivity index (χ1) is 8.85. The highest BCUT2D eigenvalue weighted by Gasteiger charge is 2.33. The summed E-state index contributed by atoms with van der Waals surface area (Å²) in [5, 5.41) is 0. The van der Waals surface area contributed by atoms with Gasteiger partial charge in [0.25, 0.3) is 0 Å². The second-order valence-corrected chi connectivity index (χ2v) is 6.38. The van der Waals surface area contributed by atoms with E-state index in [1.807, 2.05) is 20.8 Å². The van der Waals surface area contributed by atoms with Crippen LogP contribution in [0.15, 0.2) is 0 Å². The van der Waals surface area contributed by atoms with Gasteiger partial charge in [-0.05, 0) is 40.5 Å². The van der Waals surface area contributed by atoms with Crippen molar-refractivity contribution in [2.75, 3.05) is 19.7 Å². The number of ether oxygens (including phenoxy) is 3. The highest BCUT2D eigenvalue weighted by atomic mass is 16.6. The molecule has 0 aromatic rings. The van der Waals surface area contributed by atoms with Crippen molar-refractivity contribution in [2.24, 2.45) is 0 Å². The maximum Gasteiger partial charge on any atom is 0.410 e. The topological polar surface area (TPSA) is 51.3 Å². The van der Waals surface area contributed by atoms with E-state index in [-0.39, 0.29) is 24.4 Å². The van der Waals surface area contributed by atoms with Gasteiger partial charge < -0.3 is 19.1 Å². The van der Waals surface area contributed by atoms with Crippen LogP contribution in [0.1, 0.15) is 40.5 Å². The molecule has 2 saturated heterocycles. The van der Waals surface area contributed by atoms with Crippen LogP contribution in [-0.2, 0) is 14.2 Å². The maximum absolute atomic E-state index is 11.9. The zero-order chi connectivity index (χ0) is 14.0. The molecular formula is C14H25NO4. The van der Waals surface area contributed by atoms with Gasteiger partial charge >= 0.3 is 6.09 Å². The molecule has 0 aromatic carbocycles. The molecule has 5 nitrogen and oxygen atoms in total. The Morgan fingerprint density at radius 2 is 1.89 bits per heavy atom. The van der Waals surface area contributed by atoms with E-state index in [0.717, 1.165) is 19.4 Å². The third-order valence-electron chi connectivity index (χ3n) is 3.38.